The van der Waals surface area contributed by atoms with Crippen molar-refractivity contribution in [1.29, 1.82) is 0 Å². The molecule has 0 spiro atoms. The standard InChI is InChI=1S/C21H16F3N5O3/c1-20(31,19(25)30)13-9-7-12(8-10-13)17-27-18(32-28-17)15-11-26-29(16(15)21(22,23)24)14-5-3-2-4-6-14/h2-11,31H,1H3,(H2,25,30). The van der Waals surface area contributed by atoms with E-state index in [-0.39, 0.29) is 28.5 Å². The first-order chi connectivity index (χ1) is 15.1. The Balaban J connectivity index is 1.72. The van der Waals surface area contributed by atoms with Gasteiger partial charge in [0.1, 0.15) is 0 Å². The lowest BCUT2D eigenvalue weighted by Gasteiger charge is -2.19. The summed E-state index contributed by atoms with van der Waals surface area (Å²) in [6, 6.07) is 13.7. The minimum atomic E-state index is -4.74. The average molecular weight is 443 g/mol. The molecule has 4 aromatic rings. The third kappa shape index (κ3) is 3.73. The minimum absolute atomic E-state index is 0.0193. The maximum atomic E-state index is 13.9. The molecule has 8 nitrogen and oxygen atoms in total. The maximum absolute atomic E-state index is 13.9. The van der Waals surface area contributed by atoms with Crippen molar-refractivity contribution < 1.29 is 27.6 Å². The van der Waals surface area contributed by atoms with E-state index in [2.05, 4.69) is 15.2 Å². The van der Waals surface area contributed by atoms with Crippen LogP contribution < -0.4 is 5.73 Å². The van der Waals surface area contributed by atoms with Gasteiger partial charge in [0.25, 0.3) is 11.8 Å². The van der Waals surface area contributed by atoms with Crippen LogP contribution in [0.3, 0.4) is 0 Å². The molecule has 4 rings (SSSR count). The molecule has 0 fully saturated rings. The quantitative estimate of drug-likeness (QED) is 0.488. The molecule has 11 heteroatoms. The number of hydrogen-bond donors (Lipinski definition) is 2. The highest BCUT2D eigenvalue weighted by Crippen LogP contribution is 2.38. The molecule has 0 aliphatic carbocycles. The Labute approximate surface area is 179 Å². The SMILES string of the molecule is CC(O)(C(N)=O)c1ccc(-c2noc(-c3cnn(-c4ccccc4)c3C(F)(F)F)n2)cc1. The van der Waals surface area contributed by atoms with Crippen molar-refractivity contribution in [1.82, 2.24) is 19.9 Å². The summed E-state index contributed by atoms with van der Waals surface area (Å²) in [5.41, 5.74) is 2.75. The van der Waals surface area contributed by atoms with Gasteiger partial charge in [0, 0.05) is 5.56 Å². The van der Waals surface area contributed by atoms with Gasteiger partial charge in [0.05, 0.1) is 17.4 Å². The summed E-state index contributed by atoms with van der Waals surface area (Å²) in [6.07, 6.45) is -3.72. The number of carbonyl (C=O) groups excluding carboxylic acids is 1. The van der Waals surface area contributed by atoms with E-state index in [0.29, 0.717) is 5.56 Å². The molecule has 0 bridgehead atoms. The second-order valence-electron chi connectivity index (χ2n) is 7.09. The predicted molar refractivity (Wildman–Crippen MR) is 106 cm³/mol. The maximum Gasteiger partial charge on any atom is 0.434 e. The molecular formula is C21H16F3N5O3. The number of amides is 1. The minimum Gasteiger partial charge on any atom is -0.376 e. The zero-order chi connectivity index (χ0) is 23.1. The fourth-order valence-electron chi connectivity index (χ4n) is 3.08. The Hall–Kier alpha value is -3.99. The topological polar surface area (TPSA) is 120 Å². The fourth-order valence-corrected chi connectivity index (χ4v) is 3.08. The van der Waals surface area contributed by atoms with Crippen LogP contribution in [0.2, 0.25) is 0 Å². The van der Waals surface area contributed by atoms with Crippen molar-refractivity contribution in [3.63, 3.8) is 0 Å². The van der Waals surface area contributed by atoms with E-state index < -0.39 is 23.4 Å². The summed E-state index contributed by atoms with van der Waals surface area (Å²) in [6.45, 7) is 1.25. The number of carbonyl (C=O) groups is 1. The molecule has 1 atom stereocenters. The van der Waals surface area contributed by atoms with E-state index >= 15 is 0 Å². The summed E-state index contributed by atoms with van der Waals surface area (Å²) in [4.78, 5) is 15.5. The van der Waals surface area contributed by atoms with Crippen molar-refractivity contribution in [2.45, 2.75) is 18.7 Å². The molecule has 0 aliphatic rings. The first kappa shape index (κ1) is 21.2. The molecule has 2 aromatic carbocycles. The van der Waals surface area contributed by atoms with Gasteiger partial charge in [-0.2, -0.15) is 23.3 Å². The van der Waals surface area contributed by atoms with E-state index in [9.17, 15) is 23.1 Å². The molecule has 2 aromatic heterocycles. The van der Waals surface area contributed by atoms with E-state index in [1.165, 1.54) is 43.3 Å². The van der Waals surface area contributed by atoms with Gasteiger partial charge in [-0.05, 0) is 24.6 Å². The number of aromatic nitrogens is 4. The van der Waals surface area contributed by atoms with Crippen LogP contribution in [0, 0.1) is 0 Å². The summed E-state index contributed by atoms with van der Waals surface area (Å²) in [5, 5.41) is 17.8. The number of benzene rings is 2. The number of halogens is 3. The Morgan fingerprint density at radius 1 is 1.09 bits per heavy atom. The number of rotatable bonds is 5. The van der Waals surface area contributed by atoms with Crippen molar-refractivity contribution >= 4 is 5.91 Å². The number of nitrogens with two attached hydrogens (primary N) is 1. The highest BCUT2D eigenvalue weighted by Gasteiger charge is 2.40. The normalized spacial score (nSPS) is 13.7. The Kier molecular flexibility index (Phi) is 5.05. The molecule has 0 saturated heterocycles. The van der Waals surface area contributed by atoms with Gasteiger partial charge in [-0.25, -0.2) is 4.68 Å². The van der Waals surface area contributed by atoms with E-state index in [0.717, 1.165) is 10.9 Å². The van der Waals surface area contributed by atoms with E-state index in [4.69, 9.17) is 10.3 Å². The molecule has 164 valence electrons. The monoisotopic (exact) mass is 443 g/mol. The smallest absolute Gasteiger partial charge is 0.376 e. The first-order valence-corrected chi connectivity index (χ1v) is 9.27. The Morgan fingerprint density at radius 3 is 2.34 bits per heavy atom. The summed E-state index contributed by atoms with van der Waals surface area (Å²) in [5.74, 6) is -1.27. The molecule has 0 aliphatic heterocycles. The van der Waals surface area contributed by atoms with Crippen LogP contribution in [0.4, 0.5) is 13.2 Å². The van der Waals surface area contributed by atoms with Crippen molar-refractivity contribution in [3.8, 4) is 28.5 Å². The summed E-state index contributed by atoms with van der Waals surface area (Å²) >= 11 is 0. The molecule has 32 heavy (non-hydrogen) atoms. The van der Waals surface area contributed by atoms with Gasteiger partial charge >= 0.3 is 6.18 Å². The zero-order valence-electron chi connectivity index (χ0n) is 16.5. The highest BCUT2D eigenvalue weighted by molar-refractivity contribution is 5.84. The van der Waals surface area contributed by atoms with E-state index in [1.807, 2.05) is 0 Å². The van der Waals surface area contributed by atoms with Crippen molar-refractivity contribution in [3.05, 3.63) is 72.1 Å². The third-order valence-electron chi connectivity index (χ3n) is 4.88. The van der Waals surface area contributed by atoms with E-state index in [1.54, 1.807) is 18.2 Å². The molecule has 3 N–H and O–H groups in total. The molecule has 1 amide bonds. The van der Waals surface area contributed by atoms with Crippen LogP contribution >= 0.6 is 0 Å². The van der Waals surface area contributed by atoms with Gasteiger partial charge in [-0.3, -0.25) is 4.79 Å². The lowest BCUT2D eigenvalue weighted by molar-refractivity contribution is -0.142. The second-order valence-corrected chi connectivity index (χ2v) is 7.09. The van der Waals surface area contributed by atoms with Crippen LogP contribution in [0.15, 0.2) is 65.3 Å². The van der Waals surface area contributed by atoms with Crippen LogP contribution in [-0.2, 0) is 16.6 Å². The molecule has 0 saturated carbocycles. The average Bonchev–Trinajstić information content (AvgIpc) is 3.41. The second kappa shape index (κ2) is 7.61. The molecule has 2 heterocycles. The molecule has 1 unspecified atom stereocenters. The van der Waals surface area contributed by atoms with Crippen LogP contribution in [0.25, 0.3) is 28.5 Å². The van der Waals surface area contributed by atoms with Gasteiger partial charge in [0.2, 0.25) is 5.82 Å². The number of hydrogen-bond acceptors (Lipinski definition) is 6. The van der Waals surface area contributed by atoms with Gasteiger partial charge in [-0.15, -0.1) is 0 Å². The molecule has 0 radical (unpaired) electrons. The number of aliphatic hydroxyl groups is 1. The largest absolute Gasteiger partial charge is 0.434 e. The number of nitrogens with zero attached hydrogens (tertiary/aromatic N) is 4. The van der Waals surface area contributed by atoms with Gasteiger partial charge in [0.15, 0.2) is 11.3 Å². The fraction of sp³-hybridized carbons (Fsp3) is 0.143. The van der Waals surface area contributed by atoms with Crippen LogP contribution in [0.5, 0.6) is 0 Å². The summed E-state index contributed by atoms with van der Waals surface area (Å²) in [7, 11) is 0. The lowest BCUT2D eigenvalue weighted by Crippen LogP contribution is -2.38. The summed E-state index contributed by atoms with van der Waals surface area (Å²) < 4.78 is 47.4. The Morgan fingerprint density at radius 2 is 1.75 bits per heavy atom. The number of primary amides is 1. The number of para-hydroxylation sites is 1. The zero-order valence-corrected chi connectivity index (χ0v) is 16.5. The first-order valence-electron chi connectivity index (χ1n) is 9.27. The highest BCUT2D eigenvalue weighted by atomic mass is 19.4. The predicted octanol–water partition coefficient (Wildman–Crippen LogP) is 3.30. The number of alkyl halides is 3. The Bertz CT molecular complexity index is 1260. The third-order valence-corrected chi connectivity index (χ3v) is 4.88. The van der Waals surface area contributed by atoms with Crippen LogP contribution in [0.1, 0.15) is 18.2 Å². The van der Waals surface area contributed by atoms with Crippen LogP contribution in [-0.4, -0.2) is 30.9 Å². The molecular weight excluding hydrogens is 427 g/mol. The van der Waals surface area contributed by atoms with Crippen molar-refractivity contribution in [2.75, 3.05) is 0 Å². The lowest BCUT2D eigenvalue weighted by atomic mass is 9.94. The van der Waals surface area contributed by atoms with Crippen molar-refractivity contribution in [2.24, 2.45) is 5.73 Å². The van der Waals surface area contributed by atoms with Gasteiger partial charge < -0.3 is 15.4 Å². The van der Waals surface area contributed by atoms with Gasteiger partial charge in [-0.1, -0.05) is 47.6 Å².